The van der Waals surface area contributed by atoms with Gasteiger partial charge < -0.3 is 5.11 Å². The van der Waals surface area contributed by atoms with Gasteiger partial charge in [-0.25, -0.2) is 4.90 Å². The number of hydrogen-bond donors (Lipinski definition) is 1. The summed E-state index contributed by atoms with van der Waals surface area (Å²) in [6, 6.07) is 2.31. The number of imide groups is 1. The molecule has 2 aliphatic heterocycles. The molecule has 0 saturated carbocycles. The third-order valence-electron chi connectivity index (χ3n) is 5.17. The van der Waals surface area contributed by atoms with Crippen molar-refractivity contribution in [1.82, 2.24) is 4.90 Å². The first-order valence-corrected chi connectivity index (χ1v) is 9.22. The first-order chi connectivity index (χ1) is 12.7. The second kappa shape index (κ2) is 7.77. The molecule has 2 aliphatic rings. The number of benzene rings is 1. The second-order valence-corrected chi connectivity index (χ2v) is 7.26. The number of alkyl halides is 3. The van der Waals surface area contributed by atoms with Crippen LogP contribution in [0.5, 0.6) is 0 Å². The Hall–Kier alpha value is -1.64. The van der Waals surface area contributed by atoms with E-state index in [1.54, 1.807) is 0 Å². The molecule has 0 radical (unpaired) electrons. The summed E-state index contributed by atoms with van der Waals surface area (Å²) in [4.78, 5) is 28.1. The lowest BCUT2D eigenvalue weighted by Gasteiger charge is -2.38. The molecule has 2 amide bonds. The molecule has 9 heteroatoms. The summed E-state index contributed by atoms with van der Waals surface area (Å²) in [5.41, 5.74) is -1.21. The van der Waals surface area contributed by atoms with Crippen molar-refractivity contribution in [2.24, 2.45) is 0 Å². The van der Waals surface area contributed by atoms with E-state index in [1.165, 1.54) is 6.07 Å². The van der Waals surface area contributed by atoms with Crippen LogP contribution >= 0.6 is 11.6 Å². The van der Waals surface area contributed by atoms with Crippen LogP contribution in [-0.2, 0) is 15.8 Å². The van der Waals surface area contributed by atoms with Crippen LogP contribution in [-0.4, -0.2) is 47.1 Å². The number of carbonyl (C=O) groups excluding carboxylic acids is 2. The molecule has 148 valence electrons. The highest BCUT2D eigenvalue weighted by Crippen LogP contribution is 2.38. The van der Waals surface area contributed by atoms with E-state index in [4.69, 9.17) is 11.6 Å². The Labute approximate surface area is 159 Å². The van der Waals surface area contributed by atoms with E-state index in [1.807, 2.05) is 4.90 Å². The van der Waals surface area contributed by atoms with Gasteiger partial charge >= 0.3 is 6.18 Å². The number of anilines is 1. The summed E-state index contributed by atoms with van der Waals surface area (Å²) in [6.07, 6.45) is -1.60. The minimum absolute atomic E-state index is 0.0126. The Bertz CT molecular complexity index is 739. The molecule has 0 bridgehead atoms. The number of hydrogen-bond acceptors (Lipinski definition) is 4. The van der Waals surface area contributed by atoms with E-state index in [0.717, 1.165) is 36.3 Å². The molecule has 2 heterocycles. The Morgan fingerprint density at radius 2 is 1.96 bits per heavy atom. The van der Waals surface area contributed by atoms with Gasteiger partial charge in [0.05, 0.1) is 28.7 Å². The fourth-order valence-corrected chi connectivity index (χ4v) is 4.13. The third-order valence-corrected chi connectivity index (χ3v) is 5.50. The van der Waals surface area contributed by atoms with Gasteiger partial charge in [0.25, 0.3) is 5.91 Å². The molecular weight excluding hydrogens is 385 g/mol. The smallest absolute Gasteiger partial charge is 0.396 e. The number of piperidine rings is 1. The van der Waals surface area contributed by atoms with E-state index in [2.05, 4.69) is 0 Å². The van der Waals surface area contributed by atoms with Crippen molar-refractivity contribution in [1.29, 1.82) is 0 Å². The van der Waals surface area contributed by atoms with Gasteiger partial charge in [-0.2, -0.15) is 13.2 Å². The number of likely N-dealkylation sites (tertiary alicyclic amines) is 1. The van der Waals surface area contributed by atoms with Crippen LogP contribution in [0.25, 0.3) is 0 Å². The highest BCUT2D eigenvalue weighted by molar-refractivity contribution is 6.31. The number of halogens is 4. The van der Waals surface area contributed by atoms with Gasteiger partial charge in [0.15, 0.2) is 0 Å². The lowest BCUT2D eigenvalue weighted by molar-refractivity contribution is -0.137. The lowest BCUT2D eigenvalue weighted by atomic mass is 9.97. The zero-order valence-corrected chi connectivity index (χ0v) is 15.3. The molecule has 1 N–H and O–H groups in total. The SMILES string of the molecule is O=C1C[C@H](N2CCCC[C@H]2CCO)C(=O)N1c1ccc(Cl)c(C(F)(F)F)c1. The number of amides is 2. The summed E-state index contributed by atoms with van der Waals surface area (Å²) in [7, 11) is 0. The zero-order valence-electron chi connectivity index (χ0n) is 14.5. The average molecular weight is 405 g/mol. The molecule has 2 atom stereocenters. The van der Waals surface area contributed by atoms with E-state index in [-0.39, 0.29) is 24.8 Å². The van der Waals surface area contributed by atoms with E-state index in [9.17, 15) is 27.9 Å². The Balaban J connectivity index is 1.88. The van der Waals surface area contributed by atoms with Gasteiger partial charge in [-0.3, -0.25) is 14.5 Å². The summed E-state index contributed by atoms with van der Waals surface area (Å²) in [6.45, 7) is 0.600. The first kappa shape index (κ1) is 20.1. The first-order valence-electron chi connectivity index (χ1n) is 8.84. The standard InChI is InChI=1S/C18H20ClF3N2O3/c19-14-5-4-12(9-13(14)18(20,21)22)24-16(26)10-15(17(24)27)23-7-2-1-3-11(23)6-8-25/h4-5,9,11,15,25H,1-3,6-8,10H2/t11-,15-/m0/s1. The molecule has 1 aromatic carbocycles. The summed E-state index contributed by atoms with van der Waals surface area (Å²) in [5.74, 6) is -1.06. The summed E-state index contributed by atoms with van der Waals surface area (Å²) < 4.78 is 39.3. The molecule has 3 rings (SSSR count). The largest absolute Gasteiger partial charge is 0.417 e. The molecular formula is C18H20ClF3N2O3. The van der Waals surface area contributed by atoms with Gasteiger partial charge in [-0.15, -0.1) is 0 Å². The normalized spacial score (nSPS) is 24.7. The maximum absolute atomic E-state index is 13.1. The number of nitrogens with zero attached hydrogens (tertiary/aromatic N) is 2. The van der Waals surface area contributed by atoms with E-state index >= 15 is 0 Å². The molecule has 0 aromatic heterocycles. The minimum Gasteiger partial charge on any atom is -0.396 e. The highest BCUT2D eigenvalue weighted by Gasteiger charge is 2.45. The number of rotatable bonds is 4. The van der Waals surface area contributed by atoms with Crippen molar-refractivity contribution in [2.75, 3.05) is 18.1 Å². The monoisotopic (exact) mass is 404 g/mol. The van der Waals surface area contributed by atoms with Crippen LogP contribution < -0.4 is 4.90 Å². The molecule has 0 unspecified atom stereocenters. The Morgan fingerprint density at radius 1 is 1.22 bits per heavy atom. The molecule has 2 fully saturated rings. The molecule has 0 aliphatic carbocycles. The van der Waals surface area contributed by atoms with Gasteiger partial charge in [0.1, 0.15) is 0 Å². The van der Waals surface area contributed by atoms with Crippen molar-refractivity contribution in [2.45, 2.75) is 50.4 Å². The molecule has 2 saturated heterocycles. The van der Waals surface area contributed by atoms with Crippen molar-refractivity contribution in [3.8, 4) is 0 Å². The molecule has 5 nitrogen and oxygen atoms in total. The van der Waals surface area contributed by atoms with Gasteiger partial charge in [0.2, 0.25) is 5.91 Å². The van der Waals surface area contributed by atoms with Crippen LogP contribution in [0.3, 0.4) is 0 Å². The van der Waals surface area contributed by atoms with Crippen LogP contribution in [0.15, 0.2) is 18.2 Å². The van der Waals surface area contributed by atoms with Gasteiger partial charge in [-0.1, -0.05) is 18.0 Å². The predicted molar refractivity (Wildman–Crippen MR) is 93.4 cm³/mol. The van der Waals surface area contributed by atoms with Crippen LogP contribution in [0.2, 0.25) is 5.02 Å². The van der Waals surface area contributed by atoms with Crippen LogP contribution in [0.1, 0.15) is 37.7 Å². The summed E-state index contributed by atoms with van der Waals surface area (Å²) >= 11 is 5.62. The van der Waals surface area contributed by atoms with E-state index < -0.39 is 34.6 Å². The lowest BCUT2D eigenvalue weighted by Crippen LogP contribution is -2.50. The van der Waals surface area contributed by atoms with Gasteiger partial charge in [-0.05, 0) is 44.0 Å². The second-order valence-electron chi connectivity index (χ2n) is 6.85. The molecule has 1 aromatic rings. The molecule has 27 heavy (non-hydrogen) atoms. The number of aliphatic hydroxyl groups excluding tert-OH is 1. The Morgan fingerprint density at radius 3 is 2.63 bits per heavy atom. The number of aliphatic hydroxyl groups is 1. The van der Waals surface area contributed by atoms with E-state index in [0.29, 0.717) is 13.0 Å². The fourth-order valence-electron chi connectivity index (χ4n) is 3.91. The van der Waals surface area contributed by atoms with Crippen LogP contribution in [0, 0.1) is 0 Å². The predicted octanol–water partition coefficient (Wildman–Crippen LogP) is 3.23. The highest BCUT2D eigenvalue weighted by atomic mass is 35.5. The van der Waals surface area contributed by atoms with Crippen molar-refractivity contribution in [3.05, 3.63) is 28.8 Å². The minimum atomic E-state index is -4.68. The molecule has 0 spiro atoms. The van der Waals surface area contributed by atoms with Crippen molar-refractivity contribution in [3.63, 3.8) is 0 Å². The van der Waals surface area contributed by atoms with Crippen molar-refractivity contribution >= 4 is 29.1 Å². The summed E-state index contributed by atoms with van der Waals surface area (Å²) in [5, 5.41) is 8.77. The number of carbonyl (C=O) groups is 2. The third kappa shape index (κ3) is 3.97. The zero-order chi connectivity index (χ0) is 19.8. The quantitative estimate of drug-likeness (QED) is 0.783. The topological polar surface area (TPSA) is 60.9 Å². The van der Waals surface area contributed by atoms with Gasteiger partial charge in [0, 0.05) is 12.6 Å². The van der Waals surface area contributed by atoms with Crippen molar-refractivity contribution < 1.29 is 27.9 Å². The fraction of sp³-hybridized carbons (Fsp3) is 0.556. The van der Waals surface area contributed by atoms with Crippen LogP contribution in [0.4, 0.5) is 18.9 Å². The average Bonchev–Trinajstić information content (AvgIpc) is 2.90. The maximum atomic E-state index is 13.1. The maximum Gasteiger partial charge on any atom is 0.417 e. The Kier molecular flexibility index (Phi) is 5.79.